The van der Waals surface area contributed by atoms with E-state index < -0.39 is 23.8 Å². The van der Waals surface area contributed by atoms with Crippen molar-refractivity contribution in [2.24, 2.45) is 13.0 Å². The van der Waals surface area contributed by atoms with Crippen LogP contribution in [0.2, 0.25) is 0 Å². The minimum atomic E-state index is -4.55. The lowest BCUT2D eigenvalue weighted by Crippen LogP contribution is -2.29. The summed E-state index contributed by atoms with van der Waals surface area (Å²) in [5, 5.41) is 6.74. The average molecular weight is 371 g/mol. The number of halogens is 3. The van der Waals surface area contributed by atoms with Crippen molar-refractivity contribution in [1.29, 1.82) is 0 Å². The molecule has 3 rings (SSSR count). The number of nitrogens with one attached hydrogen (secondary N) is 1. The zero-order valence-corrected chi connectivity index (χ0v) is 14.2. The van der Waals surface area contributed by atoms with E-state index in [1.807, 2.05) is 0 Å². The number of carbonyl (C=O) groups excluding carboxylic acids is 1. The van der Waals surface area contributed by atoms with Gasteiger partial charge in [0.15, 0.2) is 11.5 Å². The van der Waals surface area contributed by atoms with Crippen molar-refractivity contribution in [3.8, 4) is 0 Å². The molecule has 0 saturated carbocycles. The third-order valence-corrected chi connectivity index (χ3v) is 4.42. The summed E-state index contributed by atoms with van der Waals surface area (Å²) in [4.78, 5) is 16.1. The van der Waals surface area contributed by atoms with Crippen LogP contribution < -0.4 is 5.32 Å². The molecule has 0 radical (unpaired) electrons. The molecule has 1 fully saturated rings. The smallest absolute Gasteiger partial charge is 0.381 e. The van der Waals surface area contributed by atoms with Crippen LogP contribution in [-0.2, 0) is 22.8 Å². The van der Waals surface area contributed by atoms with E-state index in [0.29, 0.717) is 25.5 Å². The number of anilines is 1. The Morgan fingerprint density at radius 1 is 1.42 bits per heavy atom. The third-order valence-electron chi connectivity index (χ3n) is 4.42. The van der Waals surface area contributed by atoms with Crippen molar-refractivity contribution in [2.45, 2.75) is 31.5 Å². The fourth-order valence-corrected chi connectivity index (χ4v) is 3.01. The van der Waals surface area contributed by atoms with Crippen LogP contribution in [0, 0.1) is 5.92 Å². The number of aryl methyl sites for hydroxylation is 1. The molecule has 1 aliphatic rings. The molecule has 0 aliphatic carbocycles. The first kappa shape index (κ1) is 18.4. The Morgan fingerprint density at radius 2 is 2.15 bits per heavy atom. The lowest BCUT2D eigenvalue weighted by molar-refractivity contribution is -0.141. The largest absolute Gasteiger partial charge is 0.434 e. The first-order valence-electron chi connectivity index (χ1n) is 8.32. The first-order valence-corrected chi connectivity index (χ1v) is 8.32. The number of nitrogens with zero attached hydrogens (tertiary/aromatic N) is 4. The average Bonchev–Trinajstić information content (AvgIpc) is 3.22. The quantitative estimate of drug-likeness (QED) is 0.877. The van der Waals surface area contributed by atoms with Gasteiger partial charge in [0, 0.05) is 38.7 Å². The van der Waals surface area contributed by atoms with E-state index in [1.165, 1.54) is 9.25 Å². The highest BCUT2D eigenvalue weighted by Crippen LogP contribution is 2.31. The van der Waals surface area contributed by atoms with E-state index in [4.69, 9.17) is 4.74 Å². The van der Waals surface area contributed by atoms with Gasteiger partial charge < -0.3 is 14.6 Å². The second-order valence-electron chi connectivity index (χ2n) is 6.38. The summed E-state index contributed by atoms with van der Waals surface area (Å²) in [5.74, 6) is 0.131. The highest BCUT2D eigenvalue weighted by molar-refractivity contribution is 5.92. The lowest BCUT2D eigenvalue weighted by atomic mass is 9.92. The summed E-state index contributed by atoms with van der Waals surface area (Å²) in [7, 11) is 1.71. The highest BCUT2D eigenvalue weighted by atomic mass is 19.4. The predicted molar refractivity (Wildman–Crippen MR) is 86.3 cm³/mol. The van der Waals surface area contributed by atoms with Crippen LogP contribution in [0.15, 0.2) is 24.8 Å². The summed E-state index contributed by atoms with van der Waals surface area (Å²) in [6.07, 6.45) is 1.01. The van der Waals surface area contributed by atoms with Crippen LogP contribution >= 0.6 is 0 Å². The minimum absolute atomic E-state index is 0.194. The summed E-state index contributed by atoms with van der Waals surface area (Å²) in [6.45, 7) is 1.19. The van der Waals surface area contributed by atoms with Gasteiger partial charge in [-0.05, 0) is 25.2 Å². The lowest BCUT2D eigenvalue weighted by Gasteiger charge is -2.26. The number of ether oxygens (including phenoxy) is 1. The van der Waals surface area contributed by atoms with Gasteiger partial charge in [-0.1, -0.05) is 0 Å². The fraction of sp³-hybridized carbons (Fsp3) is 0.562. The van der Waals surface area contributed by atoms with Crippen molar-refractivity contribution >= 4 is 11.7 Å². The van der Waals surface area contributed by atoms with Crippen molar-refractivity contribution in [2.75, 3.05) is 18.5 Å². The summed E-state index contributed by atoms with van der Waals surface area (Å²) in [6, 6.07) is 0.821. The molecule has 1 N–H and O–H groups in total. The first-order chi connectivity index (χ1) is 12.3. The molecule has 0 aromatic carbocycles. The van der Waals surface area contributed by atoms with Crippen molar-refractivity contribution in [3.63, 3.8) is 0 Å². The highest BCUT2D eigenvalue weighted by Gasteiger charge is 2.35. The van der Waals surface area contributed by atoms with E-state index in [2.05, 4.69) is 15.4 Å². The number of amides is 1. The molecule has 2 aromatic rings. The van der Waals surface area contributed by atoms with Crippen LogP contribution in [-0.4, -0.2) is 38.5 Å². The SMILES string of the molecule is Cn1ccc(NC(=O)C(CC2CCOCC2)n2cnc(C(F)(F)F)c2)n1. The number of hydrogen-bond acceptors (Lipinski definition) is 4. The molecule has 3 heterocycles. The molecule has 1 unspecified atom stereocenters. The molecule has 26 heavy (non-hydrogen) atoms. The zero-order valence-electron chi connectivity index (χ0n) is 14.2. The van der Waals surface area contributed by atoms with Gasteiger partial charge in [0.05, 0.1) is 6.33 Å². The standard InChI is InChI=1S/C16H20F3N5O2/c1-23-5-2-14(22-23)21-15(25)12(8-11-3-6-26-7-4-11)24-9-13(20-10-24)16(17,18)19/h2,5,9-12H,3-4,6-8H2,1H3,(H,21,22,25). The minimum Gasteiger partial charge on any atom is -0.381 e. The Kier molecular flexibility index (Phi) is 5.30. The maximum absolute atomic E-state index is 12.9. The summed E-state index contributed by atoms with van der Waals surface area (Å²) < 4.78 is 46.7. The molecule has 1 atom stereocenters. The fourth-order valence-electron chi connectivity index (χ4n) is 3.01. The van der Waals surface area contributed by atoms with Gasteiger partial charge >= 0.3 is 6.18 Å². The van der Waals surface area contributed by atoms with Crippen molar-refractivity contribution in [1.82, 2.24) is 19.3 Å². The Bertz CT molecular complexity index is 749. The molecule has 142 valence electrons. The predicted octanol–water partition coefficient (Wildman–Crippen LogP) is 2.63. The second-order valence-corrected chi connectivity index (χ2v) is 6.38. The van der Waals surface area contributed by atoms with Gasteiger partial charge in [-0.25, -0.2) is 4.98 Å². The maximum atomic E-state index is 12.9. The second kappa shape index (κ2) is 7.48. The zero-order chi connectivity index (χ0) is 18.7. The van der Waals surface area contributed by atoms with Crippen LogP contribution in [0.25, 0.3) is 0 Å². The molecular weight excluding hydrogens is 351 g/mol. The molecular formula is C16H20F3N5O2. The number of aromatic nitrogens is 4. The van der Waals surface area contributed by atoms with E-state index >= 15 is 0 Å². The molecule has 2 aromatic heterocycles. The molecule has 1 saturated heterocycles. The Balaban J connectivity index is 1.80. The van der Waals surface area contributed by atoms with E-state index in [9.17, 15) is 18.0 Å². The van der Waals surface area contributed by atoms with Gasteiger partial charge in [0.1, 0.15) is 6.04 Å². The van der Waals surface area contributed by atoms with Crippen LogP contribution in [0.5, 0.6) is 0 Å². The Labute approximate surface area is 148 Å². The maximum Gasteiger partial charge on any atom is 0.434 e. The summed E-state index contributed by atoms with van der Waals surface area (Å²) >= 11 is 0. The van der Waals surface area contributed by atoms with E-state index in [-0.39, 0.29) is 5.92 Å². The number of rotatable bonds is 5. The third kappa shape index (κ3) is 4.43. The van der Waals surface area contributed by atoms with Gasteiger partial charge in [0.2, 0.25) is 5.91 Å². The van der Waals surface area contributed by atoms with Gasteiger partial charge in [-0.2, -0.15) is 18.3 Å². The molecule has 7 nitrogen and oxygen atoms in total. The van der Waals surface area contributed by atoms with Crippen molar-refractivity contribution < 1.29 is 22.7 Å². The van der Waals surface area contributed by atoms with Crippen LogP contribution in [0.1, 0.15) is 31.0 Å². The summed E-state index contributed by atoms with van der Waals surface area (Å²) in [5.41, 5.74) is -1.01. The number of carbonyl (C=O) groups is 1. The van der Waals surface area contributed by atoms with Gasteiger partial charge in [-0.3, -0.25) is 9.48 Å². The number of alkyl halides is 3. The van der Waals surface area contributed by atoms with Gasteiger partial charge in [0.25, 0.3) is 0 Å². The number of hydrogen-bond donors (Lipinski definition) is 1. The van der Waals surface area contributed by atoms with Crippen LogP contribution in [0.3, 0.4) is 0 Å². The van der Waals surface area contributed by atoms with Gasteiger partial charge in [-0.15, -0.1) is 0 Å². The van der Waals surface area contributed by atoms with E-state index in [1.54, 1.807) is 19.3 Å². The molecule has 1 aliphatic heterocycles. The van der Waals surface area contributed by atoms with Crippen LogP contribution in [0.4, 0.5) is 19.0 Å². The molecule has 0 bridgehead atoms. The van der Waals surface area contributed by atoms with Crippen molar-refractivity contribution in [3.05, 3.63) is 30.5 Å². The Hall–Kier alpha value is -2.36. The Morgan fingerprint density at radius 3 is 2.73 bits per heavy atom. The normalized spacial score (nSPS) is 17.2. The topological polar surface area (TPSA) is 74.0 Å². The monoisotopic (exact) mass is 371 g/mol. The number of imidazole rings is 1. The molecule has 10 heteroatoms. The molecule has 1 amide bonds. The van der Waals surface area contributed by atoms with E-state index in [0.717, 1.165) is 25.4 Å². The molecule has 0 spiro atoms.